The quantitative estimate of drug-likeness (QED) is 0.921. The molecule has 0 spiro atoms. The SMILES string of the molecule is Cc1ccc(C(O)c2ccc(F)c(Br)c2)cn1. The van der Waals surface area contributed by atoms with Crippen LogP contribution in [0.4, 0.5) is 4.39 Å². The predicted molar refractivity (Wildman–Crippen MR) is 67.1 cm³/mol. The summed E-state index contributed by atoms with van der Waals surface area (Å²) in [5.41, 5.74) is 2.21. The Kier molecular flexibility index (Phi) is 3.54. The van der Waals surface area contributed by atoms with E-state index in [1.54, 1.807) is 18.3 Å². The van der Waals surface area contributed by atoms with Crippen molar-refractivity contribution in [2.75, 3.05) is 0 Å². The van der Waals surface area contributed by atoms with Crippen molar-refractivity contribution in [3.05, 3.63) is 63.6 Å². The minimum atomic E-state index is -0.792. The number of aromatic nitrogens is 1. The molecule has 0 aliphatic carbocycles. The topological polar surface area (TPSA) is 33.1 Å². The Hall–Kier alpha value is -1.26. The van der Waals surface area contributed by atoms with E-state index in [9.17, 15) is 9.50 Å². The molecule has 0 aliphatic rings. The van der Waals surface area contributed by atoms with Crippen molar-refractivity contribution in [3.8, 4) is 0 Å². The highest BCUT2D eigenvalue weighted by atomic mass is 79.9. The molecule has 17 heavy (non-hydrogen) atoms. The fourth-order valence-corrected chi connectivity index (χ4v) is 1.91. The number of hydrogen-bond acceptors (Lipinski definition) is 2. The Morgan fingerprint density at radius 1 is 1.24 bits per heavy atom. The van der Waals surface area contributed by atoms with Gasteiger partial charge in [0.15, 0.2) is 0 Å². The summed E-state index contributed by atoms with van der Waals surface area (Å²) in [5, 5.41) is 10.1. The molecule has 1 atom stereocenters. The van der Waals surface area contributed by atoms with Gasteiger partial charge in [0.2, 0.25) is 0 Å². The standard InChI is InChI=1S/C13H11BrFNO/c1-8-2-3-10(7-16-8)13(17)9-4-5-12(15)11(14)6-9/h2-7,13,17H,1H3. The molecule has 0 saturated carbocycles. The Balaban J connectivity index is 2.33. The minimum Gasteiger partial charge on any atom is -0.384 e. The van der Waals surface area contributed by atoms with Crippen LogP contribution in [0.1, 0.15) is 22.9 Å². The van der Waals surface area contributed by atoms with Crippen LogP contribution in [0.25, 0.3) is 0 Å². The summed E-state index contributed by atoms with van der Waals surface area (Å²) in [4.78, 5) is 4.12. The van der Waals surface area contributed by atoms with Crippen LogP contribution >= 0.6 is 15.9 Å². The Bertz CT molecular complexity index is 527. The largest absolute Gasteiger partial charge is 0.384 e. The molecule has 88 valence electrons. The van der Waals surface area contributed by atoms with E-state index in [1.807, 2.05) is 19.1 Å². The minimum absolute atomic E-state index is 0.342. The molecule has 0 saturated heterocycles. The average molecular weight is 296 g/mol. The zero-order valence-electron chi connectivity index (χ0n) is 9.19. The molecule has 1 N–H and O–H groups in total. The smallest absolute Gasteiger partial charge is 0.137 e. The van der Waals surface area contributed by atoms with Crippen molar-refractivity contribution in [1.82, 2.24) is 4.98 Å². The monoisotopic (exact) mass is 295 g/mol. The summed E-state index contributed by atoms with van der Waals surface area (Å²) in [7, 11) is 0. The lowest BCUT2D eigenvalue weighted by Gasteiger charge is -2.11. The molecule has 0 bridgehead atoms. The van der Waals surface area contributed by atoms with E-state index in [0.717, 1.165) is 5.69 Å². The van der Waals surface area contributed by atoms with Gasteiger partial charge in [0, 0.05) is 17.5 Å². The molecule has 4 heteroatoms. The summed E-state index contributed by atoms with van der Waals surface area (Å²) in [5.74, 6) is -0.344. The van der Waals surface area contributed by atoms with E-state index in [1.165, 1.54) is 6.07 Å². The highest BCUT2D eigenvalue weighted by molar-refractivity contribution is 9.10. The van der Waals surface area contributed by atoms with Gasteiger partial charge in [0.05, 0.1) is 4.47 Å². The highest BCUT2D eigenvalue weighted by Gasteiger charge is 2.12. The number of aryl methyl sites for hydroxylation is 1. The molecular weight excluding hydrogens is 285 g/mol. The zero-order valence-corrected chi connectivity index (χ0v) is 10.8. The van der Waals surface area contributed by atoms with Crippen LogP contribution in [-0.2, 0) is 0 Å². The molecule has 2 nitrogen and oxygen atoms in total. The fourth-order valence-electron chi connectivity index (χ4n) is 1.52. The van der Waals surface area contributed by atoms with E-state index in [2.05, 4.69) is 20.9 Å². The van der Waals surface area contributed by atoms with Gasteiger partial charge in [-0.1, -0.05) is 12.1 Å². The summed E-state index contributed by atoms with van der Waals surface area (Å²) in [6.45, 7) is 1.88. The van der Waals surface area contributed by atoms with Crippen LogP contribution < -0.4 is 0 Å². The molecule has 2 rings (SSSR count). The van der Waals surface area contributed by atoms with Crippen LogP contribution in [0, 0.1) is 12.7 Å². The lowest BCUT2D eigenvalue weighted by atomic mass is 10.0. The van der Waals surface area contributed by atoms with Crippen molar-refractivity contribution < 1.29 is 9.50 Å². The third kappa shape index (κ3) is 2.70. The molecule has 1 aromatic carbocycles. The van der Waals surface area contributed by atoms with Crippen LogP contribution in [0.2, 0.25) is 0 Å². The van der Waals surface area contributed by atoms with Crippen molar-refractivity contribution >= 4 is 15.9 Å². The van der Waals surface area contributed by atoms with Crippen LogP contribution in [0.15, 0.2) is 41.0 Å². The molecule has 0 fully saturated rings. The van der Waals surface area contributed by atoms with E-state index < -0.39 is 6.10 Å². The van der Waals surface area contributed by atoms with Gasteiger partial charge in [-0.3, -0.25) is 4.98 Å². The van der Waals surface area contributed by atoms with Gasteiger partial charge in [0.1, 0.15) is 11.9 Å². The van der Waals surface area contributed by atoms with E-state index >= 15 is 0 Å². The van der Waals surface area contributed by atoms with Crippen molar-refractivity contribution in [2.24, 2.45) is 0 Å². The molecule has 0 amide bonds. The second-order valence-electron chi connectivity index (χ2n) is 3.81. The van der Waals surface area contributed by atoms with Crippen molar-refractivity contribution in [3.63, 3.8) is 0 Å². The maximum absolute atomic E-state index is 13.1. The zero-order chi connectivity index (χ0) is 12.4. The van der Waals surface area contributed by atoms with E-state index in [0.29, 0.717) is 15.6 Å². The molecule has 1 unspecified atom stereocenters. The number of nitrogens with zero attached hydrogens (tertiary/aromatic N) is 1. The molecule has 1 heterocycles. The third-order valence-corrected chi connectivity index (χ3v) is 3.12. The normalized spacial score (nSPS) is 12.5. The lowest BCUT2D eigenvalue weighted by Crippen LogP contribution is -2.01. The van der Waals surface area contributed by atoms with Gasteiger partial charge in [-0.25, -0.2) is 4.39 Å². The number of halogens is 2. The molecule has 1 aromatic heterocycles. The van der Waals surface area contributed by atoms with Crippen LogP contribution in [0.5, 0.6) is 0 Å². The molecular formula is C13H11BrFNO. The number of hydrogen-bond donors (Lipinski definition) is 1. The lowest BCUT2D eigenvalue weighted by molar-refractivity contribution is 0.219. The van der Waals surface area contributed by atoms with Crippen molar-refractivity contribution in [2.45, 2.75) is 13.0 Å². The maximum Gasteiger partial charge on any atom is 0.137 e. The Labute approximate surface area is 107 Å². The first-order valence-corrected chi connectivity index (χ1v) is 5.93. The van der Waals surface area contributed by atoms with E-state index in [-0.39, 0.29) is 5.82 Å². The number of aliphatic hydroxyl groups is 1. The highest BCUT2D eigenvalue weighted by Crippen LogP contribution is 2.25. The molecule has 0 radical (unpaired) electrons. The predicted octanol–water partition coefficient (Wildman–Crippen LogP) is 3.37. The van der Waals surface area contributed by atoms with Gasteiger partial charge < -0.3 is 5.11 Å². The van der Waals surface area contributed by atoms with E-state index in [4.69, 9.17) is 0 Å². The first-order chi connectivity index (χ1) is 8.08. The summed E-state index contributed by atoms with van der Waals surface area (Å²) in [6.07, 6.45) is 0.831. The van der Waals surface area contributed by atoms with Gasteiger partial charge >= 0.3 is 0 Å². The van der Waals surface area contributed by atoms with Gasteiger partial charge in [0.25, 0.3) is 0 Å². The summed E-state index contributed by atoms with van der Waals surface area (Å²) < 4.78 is 13.4. The first-order valence-electron chi connectivity index (χ1n) is 5.13. The number of benzene rings is 1. The second kappa shape index (κ2) is 4.94. The fraction of sp³-hybridized carbons (Fsp3) is 0.154. The van der Waals surface area contributed by atoms with Crippen LogP contribution in [-0.4, -0.2) is 10.1 Å². The Morgan fingerprint density at radius 3 is 2.53 bits per heavy atom. The summed E-state index contributed by atoms with van der Waals surface area (Å²) in [6, 6.07) is 8.09. The molecule has 2 aromatic rings. The summed E-state index contributed by atoms with van der Waals surface area (Å²) >= 11 is 3.10. The Morgan fingerprint density at radius 2 is 1.94 bits per heavy atom. The van der Waals surface area contributed by atoms with Gasteiger partial charge in [-0.05, 0) is 46.6 Å². The number of aliphatic hydroxyl groups excluding tert-OH is 1. The third-order valence-electron chi connectivity index (χ3n) is 2.51. The maximum atomic E-state index is 13.1. The molecule has 0 aliphatic heterocycles. The first kappa shape index (κ1) is 12.2. The van der Waals surface area contributed by atoms with Crippen LogP contribution in [0.3, 0.4) is 0 Å². The van der Waals surface area contributed by atoms with Gasteiger partial charge in [-0.2, -0.15) is 0 Å². The number of rotatable bonds is 2. The average Bonchev–Trinajstić information content (AvgIpc) is 2.33. The number of pyridine rings is 1. The second-order valence-corrected chi connectivity index (χ2v) is 4.66. The van der Waals surface area contributed by atoms with Crippen molar-refractivity contribution in [1.29, 1.82) is 0 Å². The van der Waals surface area contributed by atoms with Gasteiger partial charge in [-0.15, -0.1) is 0 Å².